The quantitative estimate of drug-likeness (QED) is 0.617. The first-order valence-electron chi connectivity index (χ1n) is 5.76. The predicted molar refractivity (Wildman–Crippen MR) is 61.4 cm³/mol. The van der Waals surface area contributed by atoms with Gasteiger partial charge in [0.25, 0.3) is 0 Å². The molecule has 1 aliphatic heterocycles. The molecule has 0 spiro atoms. The average molecular weight is 244 g/mol. The molecule has 0 aromatic rings. The number of hydrogen-bond acceptors (Lipinski definition) is 4. The van der Waals surface area contributed by atoms with E-state index in [4.69, 9.17) is 15.6 Å². The molecule has 0 saturated carbocycles. The van der Waals surface area contributed by atoms with Gasteiger partial charge in [0.2, 0.25) is 5.91 Å². The van der Waals surface area contributed by atoms with Crippen molar-refractivity contribution < 1.29 is 19.4 Å². The molecule has 1 atom stereocenters. The number of carbonyl (C=O) groups is 2. The second-order valence-electron chi connectivity index (χ2n) is 4.85. The van der Waals surface area contributed by atoms with Crippen molar-refractivity contribution in [2.75, 3.05) is 19.8 Å². The van der Waals surface area contributed by atoms with E-state index in [0.717, 1.165) is 12.8 Å². The highest BCUT2D eigenvalue weighted by Crippen LogP contribution is 2.28. The van der Waals surface area contributed by atoms with Crippen molar-refractivity contribution in [1.82, 2.24) is 5.32 Å². The van der Waals surface area contributed by atoms with E-state index < -0.39 is 17.9 Å². The van der Waals surface area contributed by atoms with Crippen LogP contribution < -0.4 is 11.1 Å². The Balaban J connectivity index is 2.33. The van der Waals surface area contributed by atoms with Crippen LogP contribution in [-0.4, -0.2) is 42.8 Å². The zero-order chi connectivity index (χ0) is 12.9. The fourth-order valence-corrected chi connectivity index (χ4v) is 1.75. The smallest absolute Gasteiger partial charge is 0.305 e. The highest BCUT2D eigenvalue weighted by Gasteiger charge is 2.28. The first kappa shape index (κ1) is 13.9. The standard InChI is InChI=1S/C11H20N2O4/c1-11(2-4-17-5-3-11)7-13-10(16)8(12)6-9(14)15/h8H,2-7,12H2,1H3,(H,13,16)(H,14,15). The van der Waals surface area contributed by atoms with Crippen molar-refractivity contribution in [2.45, 2.75) is 32.2 Å². The van der Waals surface area contributed by atoms with Crippen LogP contribution in [0, 0.1) is 5.41 Å². The summed E-state index contributed by atoms with van der Waals surface area (Å²) in [5.74, 6) is -1.47. The molecule has 0 aromatic heterocycles. The summed E-state index contributed by atoms with van der Waals surface area (Å²) in [4.78, 5) is 21.9. The minimum atomic E-state index is -1.06. The minimum absolute atomic E-state index is 0.0247. The van der Waals surface area contributed by atoms with Crippen LogP contribution in [0.1, 0.15) is 26.2 Å². The summed E-state index contributed by atoms with van der Waals surface area (Å²) in [5.41, 5.74) is 5.48. The lowest BCUT2D eigenvalue weighted by atomic mass is 9.82. The van der Waals surface area contributed by atoms with Crippen molar-refractivity contribution in [3.63, 3.8) is 0 Å². The summed E-state index contributed by atoms with van der Waals surface area (Å²) in [5, 5.41) is 11.2. The summed E-state index contributed by atoms with van der Waals surface area (Å²) >= 11 is 0. The van der Waals surface area contributed by atoms with Gasteiger partial charge in [-0.15, -0.1) is 0 Å². The lowest BCUT2D eigenvalue weighted by Crippen LogP contribution is -2.46. The Morgan fingerprint density at radius 1 is 1.47 bits per heavy atom. The van der Waals surface area contributed by atoms with Crippen LogP contribution in [0.2, 0.25) is 0 Å². The van der Waals surface area contributed by atoms with Gasteiger partial charge in [0.15, 0.2) is 0 Å². The summed E-state index contributed by atoms with van der Waals surface area (Å²) < 4.78 is 5.26. The van der Waals surface area contributed by atoms with Gasteiger partial charge in [-0.05, 0) is 18.3 Å². The fourth-order valence-electron chi connectivity index (χ4n) is 1.75. The summed E-state index contributed by atoms with van der Waals surface area (Å²) in [6, 6.07) is -0.976. The third kappa shape index (κ3) is 4.70. The van der Waals surface area contributed by atoms with Crippen LogP contribution in [0.25, 0.3) is 0 Å². The highest BCUT2D eigenvalue weighted by atomic mass is 16.5. The van der Waals surface area contributed by atoms with Gasteiger partial charge in [0.05, 0.1) is 12.5 Å². The Morgan fingerprint density at radius 2 is 2.06 bits per heavy atom. The predicted octanol–water partition coefficient (Wildman–Crippen LogP) is -0.279. The maximum atomic E-state index is 11.5. The largest absolute Gasteiger partial charge is 0.481 e. The monoisotopic (exact) mass is 244 g/mol. The Labute approximate surface area is 101 Å². The zero-order valence-electron chi connectivity index (χ0n) is 10.1. The first-order chi connectivity index (χ1) is 7.93. The highest BCUT2D eigenvalue weighted by molar-refractivity contribution is 5.85. The molecule has 0 aromatic carbocycles. The molecule has 17 heavy (non-hydrogen) atoms. The van der Waals surface area contributed by atoms with Crippen LogP contribution in [0.3, 0.4) is 0 Å². The van der Waals surface area contributed by atoms with Crippen molar-refractivity contribution in [3.05, 3.63) is 0 Å². The van der Waals surface area contributed by atoms with E-state index >= 15 is 0 Å². The molecule has 1 rings (SSSR count). The van der Waals surface area contributed by atoms with Crippen LogP contribution in [-0.2, 0) is 14.3 Å². The lowest BCUT2D eigenvalue weighted by Gasteiger charge is -2.33. The molecule has 1 saturated heterocycles. The first-order valence-corrected chi connectivity index (χ1v) is 5.76. The van der Waals surface area contributed by atoms with Crippen LogP contribution in [0.4, 0.5) is 0 Å². The summed E-state index contributed by atoms with van der Waals surface area (Å²) in [7, 11) is 0. The molecule has 0 aliphatic carbocycles. The number of carboxylic acids is 1. The zero-order valence-corrected chi connectivity index (χ0v) is 10.1. The number of rotatable bonds is 5. The lowest BCUT2D eigenvalue weighted by molar-refractivity contribution is -0.139. The van der Waals surface area contributed by atoms with Crippen molar-refractivity contribution in [2.24, 2.45) is 11.1 Å². The number of nitrogens with two attached hydrogens (primary N) is 1. The maximum Gasteiger partial charge on any atom is 0.305 e. The topological polar surface area (TPSA) is 102 Å². The number of carboxylic acid groups (broad SMARTS) is 1. The number of carbonyl (C=O) groups excluding carboxylic acids is 1. The van der Waals surface area contributed by atoms with Gasteiger partial charge in [-0.3, -0.25) is 9.59 Å². The SMILES string of the molecule is CC1(CNC(=O)C(N)CC(=O)O)CCOCC1. The minimum Gasteiger partial charge on any atom is -0.481 e. The van der Waals surface area contributed by atoms with Crippen LogP contribution in [0.5, 0.6) is 0 Å². The van der Waals surface area contributed by atoms with E-state index in [9.17, 15) is 9.59 Å². The van der Waals surface area contributed by atoms with Crippen molar-refractivity contribution >= 4 is 11.9 Å². The Hall–Kier alpha value is -1.14. The molecule has 0 bridgehead atoms. The molecule has 1 amide bonds. The van der Waals surface area contributed by atoms with Crippen LogP contribution >= 0.6 is 0 Å². The maximum absolute atomic E-state index is 11.5. The molecule has 0 radical (unpaired) electrons. The van der Waals surface area contributed by atoms with E-state index in [2.05, 4.69) is 12.2 Å². The normalized spacial score (nSPS) is 20.6. The van der Waals surface area contributed by atoms with Gasteiger partial charge in [-0.2, -0.15) is 0 Å². The van der Waals surface area contributed by atoms with E-state index in [0.29, 0.717) is 19.8 Å². The molecular formula is C11H20N2O4. The molecule has 6 nitrogen and oxygen atoms in total. The summed E-state index contributed by atoms with van der Waals surface area (Å²) in [6.45, 7) is 4.00. The fraction of sp³-hybridized carbons (Fsp3) is 0.818. The van der Waals surface area contributed by atoms with Crippen LogP contribution in [0.15, 0.2) is 0 Å². The molecule has 98 valence electrons. The molecule has 4 N–H and O–H groups in total. The Morgan fingerprint density at radius 3 is 2.59 bits per heavy atom. The second-order valence-corrected chi connectivity index (χ2v) is 4.85. The number of aliphatic carboxylic acids is 1. The number of hydrogen-bond donors (Lipinski definition) is 3. The molecule has 1 heterocycles. The van der Waals surface area contributed by atoms with Gasteiger partial charge >= 0.3 is 5.97 Å². The van der Waals surface area contributed by atoms with E-state index in [1.807, 2.05) is 0 Å². The third-order valence-electron chi connectivity index (χ3n) is 3.12. The van der Waals surface area contributed by atoms with Gasteiger partial charge in [0, 0.05) is 19.8 Å². The molecule has 1 aliphatic rings. The molecular weight excluding hydrogens is 224 g/mol. The van der Waals surface area contributed by atoms with Crippen molar-refractivity contribution in [3.8, 4) is 0 Å². The van der Waals surface area contributed by atoms with Gasteiger partial charge in [-0.25, -0.2) is 0 Å². The number of ether oxygens (including phenoxy) is 1. The van der Waals surface area contributed by atoms with E-state index in [-0.39, 0.29) is 11.8 Å². The van der Waals surface area contributed by atoms with Crippen molar-refractivity contribution in [1.29, 1.82) is 0 Å². The van der Waals surface area contributed by atoms with E-state index in [1.165, 1.54) is 0 Å². The average Bonchev–Trinajstić information content (AvgIpc) is 2.26. The van der Waals surface area contributed by atoms with E-state index in [1.54, 1.807) is 0 Å². The molecule has 6 heteroatoms. The Kier molecular flexibility index (Phi) is 4.89. The Bertz CT molecular complexity index is 287. The summed E-state index contributed by atoms with van der Waals surface area (Å²) in [6.07, 6.45) is 1.44. The van der Waals surface area contributed by atoms with Gasteiger partial charge in [0.1, 0.15) is 0 Å². The third-order valence-corrected chi connectivity index (χ3v) is 3.12. The van der Waals surface area contributed by atoms with Gasteiger partial charge < -0.3 is 20.9 Å². The second kappa shape index (κ2) is 5.97. The number of amides is 1. The number of nitrogens with one attached hydrogen (secondary N) is 1. The molecule has 1 unspecified atom stereocenters. The molecule has 1 fully saturated rings. The van der Waals surface area contributed by atoms with Gasteiger partial charge in [-0.1, -0.05) is 6.92 Å².